The normalized spacial score (nSPS) is 19.0. The number of benzene rings is 1. The minimum atomic E-state index is -0.467. The Morgan fingerprint density at radius 1 is 1.17 bits per heavy atom. The van der Waals surface area contributed by atoms with Crippen LogP contribution in [-0.4, -0.2) is 44.5 Å². The maximum Gasteiger partial charge on any atom is 0.494 e. The van der Waals surface area contributed by atoms with E-state index in [4.69, 9.17) is 14.0 Å². The standard InChI is InChI=1S/C17H26BNO4/c1-12-9-13(15(20)19-7-8-21-6)11-14(10-12)18-22-16(2,3)17(4,5)23-18/h9-11H,7-8H2,1-6H3,(H,19,20). The van der Waals surface area contributed by atoms with E-state index in [9.17, 15) is 4.79 Å². The van der Waals surface area contributed by atoms with Gasteiger partial charge in [0, 0.05) is 19.2 Å². The van der Waals surface area contributed by atoms with Crippen LogP contribution < -0.4 is 10.8 Å². The zero-order chi connectivity index (χ0) is 17.3. The van der Waals surface area contributed by atoms with Gasteiger partial charge in [-0.15, -0.1) is 0 Å². The lowest BCUT2D eigenvalue weighted by Crippen LogP contribution is -2.41. The van der Waals surface area contributed by atoms with Gasteiger partial charge in [0.15, 0.2) is 0 Å². The number of ether oxygens (including phenoxy) is 1. The Morgan fingerprint density at radius 3 is 2.35 bits per heavy atom. The van der Waals surface area contributed by atoms with Gasteiger partial charge in [0.1, 0.15) is 0 Å². The average molecular weight is 319 g/mol. The summed E-state index contributed by atoms with van der Waals surface area (Å²) >= 11 is 0. The van der Waals surface area contributed by atoms with Gasteiger partial charge in [-0.1, -0.05) is 11.6 Å². The summed E-state index contributed by atoms with van der Waals surface area (Å²) in [6.07, 6.45) is 0. The monoisotopic (exact) mass is 319 g/mol. The Kier molecular flexibility index (Phi) is 5.18. The molecule has 0 unspecified atom stereocenters. The van der Waals surface area contributed by atoms with E-state index in [1.807, 2.05) is 52.8 Å². The van der Waals surface area contributed by atoms with Crippen molar-refractivity contribution in [3.63, 3.8) is 0 Å². The molecular weight excluding hydrogens is 293 g/mol. The summed E-state index contributed by atoms with van der Waals surface area (Å²) < 4.78 is 17.1. The van der Waals surface area contributed by atoms with Gasteiger partial charge in [-0.2, -0.15) is 0 Å². The minimum absolute atomic E-state index is 0.122. The number of amides is 1. The molecule has 0 atom stereocenters. The van der Waals surface area contributed by atoms with Crippen LogP contribution in [0.5, 0.6) is 0 Å². The van der Waals surface area contributed by atoms with E-state index in [1.54, 1.807) is 7.11 Å². The molecular formula is C17H26BNO4. The molecule has 1 aliphatic rings. The van der Waals surface area contributed by atoms with Crippen molar-refractivity contribution >= 4 is 18.5 Å². The van der Waals surface area contributed by atoms with Crippen molar-refractivity contribution in [3.05, 3.63) is 29.3 Å². The summed E-state index contributed by atoms with van der Waals surface area (Å²) in [5.74, 6) is -0.122. The fourth-order valence-corrected chi connectivity index (χ4v) is 2.43. The fourth-order valence-electron chi connectivity index (χ4n) is 2.43. The molecule has 0 bridgehead atoms. The van der Waals surface area contributed by atoms with Crippen molar-refractivity contribution in [2.75, 3.05) is 20.3 Å². The Labute approximate surface area is 138 Å². The second-order valence-electron chi connectivity index (χ2n) is 6.97. The Morgan fingerprint density at radius 2 is 1.78 bits per heavy atom. The fraction of sp³-hybridized carbons (Fsp3) is 0.588. The zero-order valence-electron chi connectivity index (χ0n) is 14.9. The summed E-state index contributed by atoms with van der Waals surface area (Å²) in [6.45, 7) is 11.0. The Balaban J connectivity index is 2.20. The summed E-state index contributed by atoms with van der Waals surface area (Å²) in [6, 6.07) is 5.68. The van der Waals surface area contributed by atoms with Crippen molar-refractivity contribution in [3.8, 4) is 0 Å². The summed E-state index contributed by atoms with van der Waals surface area (Å²) in [5.41, 5.74) is 1.66. The molecule has 23 heavy (non-hydrogen) atoms. The molecule has 0 radical (unpaired) electrons. The van der Waals surface area contributed by atoms with E-state index < -0.39 is 18.3 Å². The molecule has 2 rings (SSSR count). The Bertz CT molecular complexity index is 570. The predicted octanol–water partition coefficient (Wildman–Crippen LogP) is 1.67. The van der Waals surface area contributed by atoms with E-state index >= 15 is 0 Å². The molecule has 126 valence electrons. The van der Waals surface area contributed by atoms with Crippen LogP contribution in [0.25, 0.3) is 0 Å². The third-order valence-electron chi connectivity index (χ3n) is 4.48. The van der Waals surface area contributed by atoms with Gasteiger partial charge in [0.2, 0.25) is 0 Å². The van der Waals surface area contributed by atoms with Crippen molar-refractivity contribution in [2.24, 2.45) is 0 Å². The highest BCUT2D eigenvalue weighted by atomic mass is 16.7. The average Bonchev–Trinajstić information content (AvgIpc) is 2.67. The number of carbonyl (C=O) groups excluding carboxylic acids is 1. The van der Waals surface area contributed by atoms with Crippen molar-refractivity contribution in [1.29, 1.82) is 0 Å². The number of methoxy groups -OCH3 is 1. The summed E-state index contributed by atoms with van der Waals surface area (Å²) in [4.78, 5) is 12.2. The van der Waals surface area contributed by atoms with Crippen molar-refractivity contribution < 1.29 is 18.8 Å². The highest BCUT2D eigenvalue weighted by Gasteiger charge is 2.51. The smallest absolute Gasteiger partial charge is 0.399 e. The minimum Gasteiger partial charge on any atom is -0.399 e. The van der Waals surface area contributed by atoms with Gasteiger partial charge in [-0.25, -0.2) is 0 Å². The molecule has 1 aliphatic heterocycles. The molecule has 5 nitrogen and oxygen atoms in total. The van der Waals surface area contributed by atoms with Crippen LogP contribution in [0.15, 0.2) is 18.2 Å². The molecule has 1 fully saturated rings. The van der Waals surface area contributed by atoms with Gasteiger partial charge < -0.3 is 19.4 Å². The molecule has 0 aliphatic carbocycles. The molecule has 1 aromatic rings. The van der Waals surface area contributed by atoms with Crippen LogP contribution in [0.4, 0.5) is 0 Å². The maximum absolute atomic E-state index is 12.2. The first-order valence-electron chi connectivity index (χ1n) is 7.90. The number of carbonyl (C=O) groups is 1. The second kappa shape index (κ2) is 6.63. The molecule has 1 N–H and O–H groups in total. The molecule has 1 heterocycles. The van der Waals surface area contributed by atoms with E-state index in [2.05, 4.69) is 5.32 Å². The zero-order valence-corrected chi connectivity index (χ0v) is 14.9. The molecule has 0 saturated carbocycles. The highest BCUT2D eigenvalue weighted by molar-refractivity contribution is 6.62. The van der Waals surface area contributed by atoms with E-state index in [-0.39, 0.29) is 5.91 Å². The molecule has 6 heteroatoms. The van der Waals surface area contributed by atoms with Crippen LogP contribution in [0.1, 0.15) is 43.6 Å². The Hall–Kier alpha value is -1.37. The largest absolute Gasteiger partial charge is 0.494 e. The van der Waals surface area contributed by atoms with Crippen molar-refractivity contribution in [1.82, 2.24) is 5.32 Å². The van der Waals surface area contributed by atoms with Crippen LogP contribution in [-0.2, 0) is 14.0 Å². The quantitative estimate of drug-likeness (QED) is 0.663. The molecule has 1 amide bonds. The topological polar surface area (TPSA) is 56.8 Å². The first kappa shape index (κ1) is 18.0. The van der Waals surface area contributed by atoms with Crippen LogP contribution in [0.3, 0.4) is 0 Å². The van der Waals surface area contributed by atoms with Gasteiger partial charge in [0.05, 0.1) is 17.8 Å². The number of nitrogens with one attached hydrogen (secondary N) is 1. The number of aryl methyl sites for hydroxylation is 1. The maximum atomic E-state index is 12.2. The molecule has 0 spiro atoms. The third-order valence-corrected chi connectivity index (χ3v) is 4.48. The van der Waals surface area contributed by atoms with Gasteiger partial charge in [0.25, 0.3) is 5.91 Å². The lowest BCUT2D eigenvalue weighted by atomic mass is 9.77. The number of hydrogen-bond acceptors (Lipinski definition) is 4. The van der Waals surface area contributed by atoms with Gasteiger partial charge in [-0.3, -0.25) is 4.79 Å². The molecule has 0 aromatic heterocycles. The van der Waals surface area contributed by atoms with Gasteiger partial charge >= 0.3 is 7.12 Å². The van der Waals surface area contributed by atoms with E-state index in [1.165, 1.54) is 0 Å². The number of hydrogen-bond donors (Lipinski definition) is 1. The van der Waals surface area contributed by atoms with E-state index in [0.29, 0.717) is 18.7 Å². The first-order valence-corrected chi connectivity index (χ1v) is 7.90. The SMILES string of the molecule is COCCNC(=O)c1cc(C)cc(B2OC(C)(C)C(C)(C)O2)c1. The highest BCUT2D eigenvalue weighted by Crippen LogP contribution is 2.36. The lowest BCUT2D eigenvalue weighted by Gasteiger charge is -2.32. The number of rotatable bonds is 5. The predicted molar refractivity (Wildman–Crippen MR) is 91.1 cm³/mol. The summed E-state index contributed by atoms with van der Waals surface area (Å²) in [5, 5.41) is 2.83. The first-order chi connectivity index (χ1) is 10.7. The summed E-state index contributed by atoms with van der Waals surface area (Å²) in [7, 11) is 1.14. The molecule has 1 aromatic carbocycles. The third kappa shape index (κ3) is 3.94. The van der Waals surface area contributed by atoms with Crippen LogP contribution >= 0.6 is 0 Å². The van der Waals surface area contributed by atoms with Gasteiger partial charge in [-0.05, 0) is 52.2 Å². The van der Waals surface area contributed by atoms with Crippen LogP contribution in [0.2, 0.25) is 0 Å². The lowest BCUT2D eigenvalue weighted by molar-refractivity contribution is 0.00578. The van der Waals surface area contributed by atoms with E-state index in [0.717, 1.165) is 11.0 Å². The van der Waals surface area contributed by atoms with Crippen molar-refractivity contribution in [2.45, 2.75) is 45.8 Å². The second-order valence-corrected chi connectivity index (χ2v) is 6.97. The molecule has 1 saturated heterocycles. The van der Waals surface area contributed by atoms with Crippen LogP contribution in [0, 0.1) is 6.92 Å².